The van der Waals surface area contributed by atoms with Crippen LogP contribution in [0.1, 0.15) is 27.2 Å². The van der Waals surface area contributed by atoms with Crippen LogP contribution < -0.4 is 14.9 Å². The molecule has 122 valence electrons. The molecule has 0 amide bonds. The Hall–Kier alpha value is -1.69. The third kappa shape index (κ3) is 1.87. The van der Waals surface area contributed by atoms with Crippen molar-refractivity contribution in [3.63, 3.8) is 0 Å². The zero-order chi connectivity index (χ0) is 16.4. The predicted octanol–water partition coefficient (Wildman–Crippen LogP) is 2.16. The number of pyridine rings is 1. The van der Waals surface area contributed by atoms with E-state index in [9.17, 15) is 0 Å². The van der Waals surface area contributed by atoms with Crippen LogP contribution in [0.4, 0.5) is 0 Å². The van der Waals surface area contributed by atoms with Crippen molar-refractivity contribution < 1.29 is 18.8 Å². The van der Waals surface area contributed by atoms with Crippen molar-refractivity contribution in [3.8, 4) is 11.8 Å². The third-order valence-electron chi connectivity index (χ3n) is 5.96. The minimum Gasteiger partial charge on any atom is -0.533 e. The van der Waals surface area contributed by atoms with Crippen LogP contribution in [0.15, 0.2) is 24.0 Å². The third-order valence-corrected chi connectivity index (χ3v) is 5.96. The topological polar surface area (TPSA) is 49.8 Å². The molecule has 0 spiro atoms. The van der Waals surface area contributed by atoms with Crippen molar-refractivity contribution >= 4 is 12.6 Å². The van der Waals surface area contributed by atoms with E-state index in [1.54, 1.807) is 20.3 Å². The Balaban J connectivity index is 1.68. The number of aromatic nitrogens is 1. The van der Waals surface area contributed by atoms with Crippen molar-refractivity contribution in [1.29, 1.82) is 0 Å². The highest BCUT2D eigenvalue weighted by molar-refractivity contribution is 6.63. The van der Waals surface area contributed by atoms with Gasteiger partial charge in [-0.2, -0.15) is 4.98 Å². The van der Waals surface area contributed by atoms with Crippen LogP contribution in [0.2, 0.25) is 0 Å². The molecule has 4 aliphatic rings. The maximum Gasteiger partial charge on any atom is 0.568 e. The summed E-state index contributed by atoms with van der Waals surface area (Å²) in [6.07, 6.45) is 3.42. The molecule has 5 rings (SSSR count). The SMILES string of the molecule is COc1ccc(B2OC3=CC4CC(C3(C)O2)C4(C)C)c(OC)n1. The molecule has 3 atom stereocenters. The summed E-state index contributed by atoms with van der Waals surface area (Å²) in [6.45, 7) is 6.77. The van der Waals surface area contributed by atoms with Gasteiger partial charge in [0, 0.05) is 6.07 Å². The molecule has 6 heteroatoms. The lowest BCUT2D eigenvalue weighted by Gasteiger charge is -2.60. The van der Waals surface area contributed by atoms with Crippen molar-refractivity contribution in [1.82, 2.24) is 4.98 Å². The van der Waals surface area contributed by atoms with E-state index < -0.39 is 7.12 Å². The lowest BCUT2D eigenvalue weighted by atomic mass is 9.46. The molecule has 0 aromatic carbocycles. The molecule has 1 aromatic heterocycles. The Morgan fingerprint density at radius 3 is 2.65 bits per heavy atom. The molecule has 3 aliphatic carbocycles. The minimum atomic E-state index is -0.491. The quantitative estimate of drug-likeness (QED) is 0.800. The van der Waals surface area contributed by atoms with Crippen LogP contribution in [0.3, 0.4) is 0 Å². The van der Waals surface area contributed by atoms with Gasteiger partial charge in [0.2, 0.25) is 11.8 Å². The summed E-state index contributed by atoms with van der Waals surface area (Å²) >= 11 is 0. The van der Waals surface area contributed by atoms with E-state index in [0.717, 1.165) is 11.2 Å². The molecule has 5 nitrogen and oxygen atoms in total. The van der Waals surface area contributed by atoms with Gasteiger partial charge in [0.1, 0.15) is 11.4 Å². The molecule has 1 saturated carbocycles. The summed E-state index contributed by atoms with van der Waals surface area (Å²) in [5, 5.41) is 0. The fraction of sp³-hybridized carbons (Fsp3) is 0.588. The first kappa shape index (κ1) is 14.9. The Kier molecular flexibility index (Phi) is 3.02. The molecule has 2 heterocycles. The monoisotopic (exact) mass is 315 g/mol. The zero-order valence-electron chi connectivity index (χ0n) is 14.3. The molecule has 3 unspecified atom stereocenters. The first-order chi connectivity index (χ1) is 10.9. The summed E-state index contributed by atoms with van der Waals surface area (Å²) in [6, 6.07) is 3.69. The van der Waals surface area contributed by atoms with E-state index >= 15 is 0 Å². The molecule has 0 radical (unpaired) electrons. The number of methoxy groups -OCH3 is 2. The van der Waals surface area contributed by atoms with Crippen LogP contribution in [-0.2, 0) is 9.31 Å². The van der Waals surface area contributed by atoms with Crippen molar-refractivity contribution in [2.75, 3.05) is 14.2 Å². The van der Waals surface area contributed by atoms with Gasteiger partial charge in [0.15, 0.2) is 0 Å². The Bertz CT molecular complexity index is 689. The summed E-state index contributed by atoms with van der Waals surface area (Å²) in [4.78, 5) is 4.33. The molecule has 1 aliphatic heterocycles. The van der Waals surface area contributed by atoms with E-state index in [0.29, 0.717) is 23.6 Å². The second kappa shape index (κ2) is 4.66. The van der Waals surface area contributed by atoms with Gasteiger partial charge in [0.05, 0.1) is 19.7 Å². The van der Waals surface area contributed by atoms with E-state index in [1.807, 2.05) is 6.07 Å². The molecular weight excluding hydrogens is 293 g/mol. The van der Waals surface area contributed by atoms with Crippen LogP contribution in [0.25, 0.3) is 0 Å². The van der Waals surface area contributed by atoms with E-state index in [1.165, 1.54) is 6.42 Å². The fourth-order valence-electron chi connectivity index (χ4n) is 4.37. The molecule has 2 bridgehead atoms. The van der Waals surface area contributed by atoms with Crippen LogP contribution in [0.5, 0.6) is 11.8 Å². The van der Waals surface area contributed by atoms with Gasteiger partial charge >= 0.3 is 7.12 Å². The first-order valence-electron chi connectivity index (χ1n) is 8.06. The molecule has 23 heavy (non-hydrogen) atoms. The molecular formula is C17H22BNO4. The summed E-state index contributed by atoms with van der Waals surface area (Å²) in [5.74, 6) is 3.00. The molecule has 1 aromatic rings. The maximum absolute atomic E-state index is 6.39. The van der Waals surface area contributed by atoms with E-state index in [2.05, 4.69) is 31.8 Å². The van der Waals surface area contributed by atoms with Crippen LogP contribution in [-0.4, -0.2) is 31.9 Å². The van der Waals surface area contributed by atoms with Crippen LogP contribution in [0, 0.1) is 17.3 Å². The molecule has 2 fully saturated rings. The van der Waals surface area contributed by atoms with Gasteiger partial charge in [-0.05, 0) is 36.7 Å². The van der Waals surface area contributed by atoms with E-state index in [4.69, 9.17) is 18.8 Å². The highest BCUT2D eigenvalue weighted by Crippen LogP contribution is 2.64. The number of ether oxygens (including phenoxy) is 2. The van der Waals surface area contributed by atoms with Crippen molar-refractivity contribution in [2.24, 2.45) is 17.3 Å². The predicted molar refractivity (Wildman–Crippen MR) is 86.8 cm³/mol. The Morgan fingerprint density at radius 2 is 2.00 bits per heavy atom. The van der Waals surface area contributed by atoms with Gasteiger partial charge in [-0.3, -0.25) is 0 Å². The summed E-state index contributed by atoms with van der Waals surface area (Å²) < 4.78 is 23.1. The van der Waals surface area contributed by atoms with Crippen molar-refractivity contribution in [2.45, 2.75) is 32.8 Å². The van der Waals surface area contributed by atoms with Crippen molar-refractivity contribution in [3.05, 3.63) is 24.0 Å². The summed E-state index contributed by atoms with van der Waals surface area (Å²) in [7, 11) is 2.68. The number of hydrogen-bond acceptors (Lipinski definition) is 5. The normalized spacial score (nSPS) is 33.3. The highest BCUT2D eigenvalue weighted by atomic mass is 16.7. The lowest BCUT2D eigenvalue weighted by Crippen LogP contribution is -2.59. The zero-order valence-corrected chi connectivity index (χ0v) is 14.3. The van der Waals surface area contributed by atoms with E-state index in [-0.39, 0.29) is 11.0 Å². The van der Waals surface area contributed by atoms with Gasteiger partial charge < -0.3 is 18.8 Å². The first-order valence-corrected chi connectivity index (χ1v) is 8.06. The summed E-state index contributed by atoms with van der Waals surface area (Å²) in [5.41, 5.74) is 0.687. The Labute approximate surface area is 137 Å². The minimum absolute atomic E-state index is 0.263. The van der Waals surface area contributed by atoms with Gasteiger partial charge in [-0.15, -0.1) is 0 Å². The molecule has 1 saturated heterocycles. The second-order valence-electron chi connectivity index (χ2n) is 7.37. The number of nitrogens with zero attached hydrogens (tertiary/aromatic N) is 1. The van der Waals surface area contributed by atoms with Gasteiger partial charge in [-0.25, -0.2) is 0 Å². The lowest BCUT2D eigenvalue weighted by molar-refractivity contribution is -0.113. The number of hydrogen-bond donors (Lipinski definition) is 0. The average Bonchev–Trinajstić information content (AvgIpc) is 2.90. The second-order valence-corrected chi connectivity index (χ2v) is 7.37. The maximum atomic E-state index is 6.39. The molecule has 0 N–H and O–H groups in total. The highest BCUT2D eigenvalue weighted by Gasteiger charge is 2.65. The van der Waals surface area contributed by atoms with Gasteiger partial charge in [-0.1, -0.05) is 19.9 Å². The number of allylic oxidation sites excluding steroid dienone is 1. The number of rotatable bonds is 3. The van der Waals surface area contributed by atoms with Gasteiger partial charge in [0.25, 0.3) is 0 Å². The Morgan fingerprint density at radius 1 is 1.22 bits per heavy atom. The standard InChI is InChI=1S/C17H22BNO4/c1-16(2)10-8-12(16)17(3)13(9-10)22-18(23-17)11-6-7-14(20-4)19-15(11)21-5/h6-7,9-10,12H,8H2,1-5H3. The average molecular weight is 315 g/mol. The largest absolute Gasteiger partial charge is 0.568 e. The van der Waals surface area contributed by atoms with Crippen LogP contribution >= 0.6 is 0 Å². The smallest absolute Gasteiger partial charge is 0.533 e. The fourth-order valence-corrected chi connectivity index (χ4v) is 4.37.